The van der Waals surface area contributed by atoms with Crippen molar-refractivity contribution in [1.82, 2.24) is 10.2 Å². The van der Waals surface area contributed by atoms with E-state index in [4.69, 9.17) is 5.73 Å². The van der Waals surface area contributed by atoms with E-state index in [-0.39, 0.29) is 36.1 Å². The number of hydrogen-bond donors (Lipinski definition) is 2. The van der Waals surface area contributed by atoms with E-state index in [2.05, 4.69) is 16.8 Å². The zero-order valence-electron chi connectivity index (χ0n) is 13.8. The van der Waals surface area contributed by atoms with Crippen molar-refractivity contribution in [2.24, 2.45) is 11.7 Å². The molecule has 134 valence electrons. The van der Waals surface area contributed by atoms with E-state index in [1.165, 1.54) is 10.4 Å². The smallest absolute Gasteiger partial charge is 0.230 e. The molecule has 0 spiro atoms. The molecule has 1 aliphatic carbocycles. The standard InChI is InChI=1S/C17H25N3O2S.ClH/c18-7-8-19-16(21)12-3-2-9-20(11-12)17(22)14-4-1-5-15-13(14)6-10-23-15;/h6,10,12,14H,1-5,7-9,11,18H2,(H,19,21);1H. The van der Waals surface area contributed by atoms with Gasteiger partial charge in [0.1, 0.15) is 0 Å². The second-order valence-corrected chi connectivity index (χ2v) is 7.45. The molecule has 5 nitrogen and oxygen atoms in total. The molecule has 1 saturated heterocycles. The van der Waals surface area contributed by atoms with Gasteiger partial charge in [0.15, 0.2) is 0 Å². The van der Waals surface area contributed by atoms with E-state index in [1.807, 2.05) is 4.90 Å². The topological polar surface area (TPSA) is 75.4 Å². The van der Waals surface area contributed by atoms with Crippen LogP contribution in [0, 0.1) is 5.92 Å². The molecular weight excluding hydrogens is 346 g/mol. The Hall–Kier alpha value is -1.11. The predicted octanol–water partition coefficient (Wildman–Crippen LogP) is 1.90. The third-order valence-corrected chi connectivity index (χ3v) is 5.89. The lowest BCUT2D eigenvalue weighted by Crippen LogP contribution is -2.47. The number of thiophene rings is 1. The fourth-order valence-electron chi connectivity index (χ4n) is 3.69. The maximum absolute atomic E-state index is 13.0. The molecule has 0 radical (unpaired) electrons. The first kappa shape index (κ1) is 19.2. The van der Waals surface area contributed by atoms with Gasteiger partial charge in [-0.05, 0) is 49.1 Å². The van der Waals surface area contributed by atoms with Gasteiger partial charge in [-0.2, -0.15) is 0 Å². The molecule has 3 rings (SSSR count). The summed E-state index contributed by atoms with van der Waals surface area (Å²) in [7, 11) is 0. The molecule has 24 heavy (non-hydrogen) atoms. The molecule has 2 aliphatic rings. The van der Waals surface area contributed by atoms with E-state index in [9.17, 15) is 9.59 Å². The Balaban J connectivity index is 0.00000208. The Kier molecular flexibility index (Phi) is 7.07. The van der Waals surface area contributed by atoms with Crippen LogP contribution in [0.2, 0.25) is 0 Å². The number of amides is 2. The normalized spacial score (nSPS) is 23.1. The highest BCUT2D eigenvalue weighted by Gasteiger charge is 2.34. The van der Waals surface area contributed by atoms with Crippen molar-refractivity contribution in [2.45, 2.75) is 38.0 Å². The fraction of sp³-hybridized carbons (Fsp3) is 0.647. The highest BCUT2D eigenvalue weighted by molar-refractivity contribution is 7.10. The lowest BCUT2D eigenvalue weighted by Gasteiger charge is -2.35. The van der Waals surface area contributed by atoms with Crippen LogP contribution in [0.5, 0.6) is 0 Å². The number of likely N-dealkylation sites (tertiary alicyclic amines) is 1. The van der Waals surface area contributed by atoms with Crippen molar-refractivity contribution in [1.29, 1.82) is 0 Å². The Bertz CT molecular complexity index is 578. The number of nitrogens with one attached hydrogen (secondary N) is 1. The van der Waals surface area contributed by atoms with Crippen molar-refractivity contribution >= 4 is 35.6 Å². The summed E-state index contributed by atoms with van der Waals surface area (Å²) in [5.41, 5.74) is 6.66. The van der Waals surface area contributed by atoms with Gasteiger partial charge in [0.25, 0.3) is 0 Å². The summed E-state index contributed by atoms with van der Waals surface area (Å²) in [6.07, 6.45) is 4.87. The van der Waals surface area contributed by atoms with Crippen LogP contribution in [0.3, 0.4) is 0 Å². The molecule has 2 unspecified atom stereocenters. The van der Waals surface area contributed by atoms with Crippen LogP contribution in [0.1, 0.15) is 42.0 Å². The minimum Gasteiger partial charge on any atom is -0.355 e. The number of rotatable bonds is 4. The number of aryl methyl sites for hydroxylation is 1. The third kappa shape index (κ3) is 4.10. The molecule has 1 aromatic rings. The number of carbonyl (C=O) groups excluding carboxylic acids is 2. The minimum atomic E-state index is -0.0928. The molecule has 3 N–H and O–H groups in total. The molecular formula is C17H26ClN3O2S. The summed E-state index contributed by atoms with van der Waals surface area (Å²) in [6, 6.07) is 2.11. The number of piperidine rings is 1. The Morgan fingerprint density at radius 2 is 2.17 bits per heavy atom. The first-order valence-electron chi connectivity index (χ1n) is 8.53. The van der Waals surface area contributed by atoms with Gasteiger partial charge in [0.05, 0.1) is 11.8 Å². The van der Waals surface area contributed by atoms with Crippen molar-refractivity contribution < 1.29 is 9.59 Å². The Morgan fingerprint density at radius 3 is 2.96 bits per heavy atom. The molecule has 2 heterocycles. The summed E-state index contributed by atoms with van der Waals surface area (Å²) >= 11 is 1.76. The van der Waals surface area contributed by atoms with Gasteiger partial charge in [0, 0.05) is 31.1 Å². The van der Waals surface area contributed by atoms with Crippen LogP contribution in [0.25, 0.3) is 0 Å². The zero-order valence-corrected chi connectivity index (χ0v) is 15.5. The second kappa shape index (κ2) is 8.83. The van der Waals surface area contributed by atoms with Gasteiger partial charge in [-0.25, -0.2) is 0 Å². The number of halogens is 1. The van der Waals surface area contributed by atoms with E-state index in [1.54, 1.807) is 11.3 Å². The van der Waals surface area contributed by atoms with Gasteiger partial charge in [0.2, 0.25) is 11.8 Å². The molecule has 2 atom stereocenters. The van der Waals surface area contributed by atoms with E-state index in [0.29, 0.717) is 19.6 Å². The molecule has 1 fully saturated rings. The van der Waals surface area contributed by atoms with E-state index in [0.717, 1.165) is 38.6 Å². The average Bonchev–Trinajstić information content (AvgIpc) is 3.07. The Morgan fingerprint density at radius 1 is 1.33 bits per heavy atom. The lowest BCUT2D eigenvalue weighted by molar-refractivity contribution is -0.137. The third-order valence-electron chi connectivity index (χ3n) is 4.90. The van der Waals surface area contributed by atoms with Crippen molar-refractivity contribution in [3.05, 3.63) is 21.9 Å². The highest BCUT2D eigenvalue weighted by atomic mass is 35.5. The lowest BCUT2D eigenvalue weighted by atomic mass is 9.85. The molecule has 0 bridgehead atoms. The quantitative estimate of drug-likeness (QED) is 0.848. The monoisotopic (exact) mass is 371 g/mol. The van der Waals surface area contributed by atoms with Crippen molar-refractivity contribution in [2.75, 3.05) is 26.2 Å². The first-order chi connectivity index (χ1) is 11.2. The predicted molar refractivity (Wildman–Crippen MR) is 98.6 cm³/mol. The van der Waals surface area contributed by atoms with Gasteiger partial charge < -0.3 is 16.0 Å². The largest absolute Gasteiger partial charge is 0.355 e. The van der Waals surface area contributed by atoms with Crippen LogP contribution in [-0.4, -0.2) is 42.9 Å². The van der Waals surface area contributed by atoms with Gasteiger partial charge in [-0.3, -0.25) is 9.59 Å². The maximum atomic E-state index is 13.0. The molecule has 1 aromatic heterocycles. The van der Waals surface area contributed by atoms with Crippen LogP contribution in [-0.2, 0) is 16.0 Å². The van der Waals surface area contributed by atoms with Crippen molar-refractivity contribution in [3.8, 4) is 0 Å². The maximum Gasteiger partial charge on any atom is 0.230 e. The molecule has 0 aromatic carbocycles. The highest BCUT2D eigenvalue weighted by Crippen LogP contribution is 2.36. The molecule has 2 amide bonds. The number of fused-ring (bicyclic) bond motifs is 1. The SMILES string of the molecule is Cl.NCCNC(=O)C1CCCN(C(=O)C2CCCc3sccc32)C1. The second-order valence-electron chi connectivity index (χ2n) is 6.45. The number of hydrogen-bond acceptors (Lipinski definition) is 4. The van der Waals surface area contributed by atoms with E-state index < -0.39 is 0 Å². The molecule has 1 aliphatic heterocycles. The van der Waals surface area contributed by atoms with Crippen LogP contribution >= 0.6 is 23.7 Å². The van der Waals surface area contributed by atoms with Gasteiger partial charge in [-0.15, -0.1) is 23.7 Å². The fourth-order valence-corrected chi connectivity index (χ4v) is 4.68. The minimum absolute atomic E-state index is 0. The first-order valence-corrected chi connectivity index (χ1v) is 9.41. The number of carbonyl (C=O) groups is 2. The summed E-state index contributed by atoms with van der Waals surface area (Å²) in [6.45, 7) is 2.27. The molecule has 7 heteroatoms. The summed E-state index contributed by atoms with van der Waals surface area (Å²) < 4.78 is 0. The average molecular weight is 372 g/mol. The summed E-state index contributed by atoms with van der Waals surface area (Å²) in [4.78, 5) is 28.4. The summed E-state index contributed by atoms with van der Waals surface area (Å²) in [5, 5.41) is 4.95. The van der Waals surface area contributed by atoms with E-state index >= 15 is 0 Å². The van der Waals surface area contributed by atoms with Crippen LogP contribution in [0.15, 0.2) is 11.4 Å². The molecule has 0 saturated carbocycles. The van der Waals surface area contributed by atoms with Crippen LogP contribution < -0.4 is 11.1 Å². The van der Waals surface area contributed by atoms with Gasteiger partial charge >= 0.3 is 0 Å². The number of nitrogens with two attached hydrogens (primary N) is 1. The van der Waals surface area contributed by atoms with Crippen molar-refractivity contribution in [3.63, 3.8) is 0 Å². The Labute approximate surface area is 153 Å². The zero-order chi connectivity index (χ0) is 16.2. The van der Waals surface area contributed by atoms with Gasteiger partial charge in [-0.1, -0.05) is 0 Å². The number of nitrogens with zero attached hydrogens (tertiary/aromatic N) is 1. The van der Waals surface area contributed by atoms with Crippen LogP contribution in [0.4, 0.5) is 0 Å². The summed E-state index contributed by atoms with van der Waals surface area (Å²) in [5.74, 6) is 0.147.